The van der Waals surface area contributed by atoms with Crippen LogP contribution in [0.5, 0.6) is 0 Å². The zero-order chi connectivity index (χ0) is 16.1. The largest absolute Gasteiger partial charge is 0.376 e. The highest BCUT2D eigenvalue weighted by atomic mass is 32.1. The third kappa shape index (κ3) is 4.91. The van der Waals surface area contributed by atoms with Crippen LogP contribution >= 0.6 is 11.3 Å². The van der Waals surface area contributed by atoms with Crippen LogP contribution in [-0.2, 0) is 4.74 Å². The molecule has 0 bridgehead atoms. The molecule has 1 aromatic heterocycles. The molecular weight excluding hydrogens is 310 g/mol. The highest BCUT2D eigenvalue weighted by Crippen LogP contribution is 2.41. The average Bonchev–Trinajstić information content (AvgIpc) is 3.25. The van der Waals surface area contributed by atoms with E-state index in [1.165, 1.54) is 32.1 Å². The average molecular weight is 337 g/mol. The van der Waals surface area contributed by atoms with Gasteiger partial charge in [0.05, 0.1) is 18.8 Å². The molecule has 5 nitrogen and oxygen atoms in total. The molecule has 2 amide bonds. The van der Waals surface area contributed by atoms with E-state index >= 15 is 0 Å². The van der Waals surface area contributed by atoms with Crippen LogP contribution in [0, 0.1) is 11.8 Å². The van der Waals surface area contributed by atoms with Gasteiger partial charge >= 0.3 is 6.03 Å². The molecule has 2 aliphatic rings. The maximum absolute atomic E-state index is 12.1. The lowest BCUT2D eigenvalue weighted by Crippen LogP contribution is -2.40. The summed E-state index contributed by atoms with van der Waals surface area (Å²) in [4.78, 5) is 16.4. The minimum Gasteiger partial charge on any atom is -0.376 e. The number of urea groups is 1. The summed E-state index contributed by atoms with van der Waals surface area (Å²) in [6.45, 7) is 3.41. The summed E-state index contributed by atoms with van der Waals surface area (Å²) in [6, 6.07) is -0.0494. The first-order valence-corrected chi connectivity index (χ1v) is 9.67. The minimum absolute atomic E-state index is 0.0642. The first kappa shape index (κ1) is 16.7. The summed E-state index contributed by atoms with van der Waals surface area (Å²) in [5, 5.41) is 8.96. The van der Waals surface area contributed by atoms with Gasteiger partial charge in [-0.15, -0.1) is 11.3 Å². The number of hydrogen-bond donors (Lipinski definition) is 2. The molecule has 0 saturated heterocycles. The molecule has 6 heteroatoms. The molecule has 1 aromatic rings. The van der Waals surface area contributed by atoms with Gasteiger partial charge in [-0.1, -0.05) is 19.8 Å². The van der Waals surface area contributed by atoms with Gasteiger partial charge in [0, 0.05) is 18.1 Å². The van der Waals surface area contributed by atoms with Gasteiger partial charge in [-0.25, -0.2) is 9.78 Å². The molecule has 2 aliphatic carbocycles. The molecule has 0 spiro atoms. The predicted octanol–water partition coefficient (Wildman–Crippen LogP) is 3.49. The summed E-state index contributed by atoms with van der Waals surface area (Å²) in [5.41, 5.74) is 0. The zero-order valence-electron chi connectivity index (χ0n) is 13.8. The number of carbonyl (C=O) groups is 1. The molecule has 0 unspecified atom stereocenters. The van der Waals surface area contributed by atoms with Crippen molar-refractivity contribution in [2.75, 3.05) is 13.2 Å². The molecule has 2 N–H and O–H groups in total. The minimum atomic E-state index is -0.114. The van der Waals surface area contributed by atoms with Crippen LogP contribution < -0.4 is 10.6 Å². The Morgan fingerprint density at radius 3 is 2.91 bits per heavy atom. The van der Waals surface area contributed by atoms with Crippen LogP contribution in [0.4, 0.5) is 4.79 Å². The zero-order valence-corrected chi connectivity index (χ0v) is 14.6. The number of carbonyl (C=O) groups excluding carboxylic acids is 1. The number of aromatic nitrogens is 1. The van der Waals surface area contributed by atoms with E-state index in [9.17, 15) is 4.79 Å². The second-order valence-corrected chi connectivity index (χ2v) is 7.68. The standard InChI is InChI=1S/C17H27N3O2S/c1-12-4-2-3-5-14(12)22-10-8-19-17(21)20-15(13-6-7-13)16-18-9-11-23-16/h9,11-15H,2-8,10H2,1H3,(H2,19,20,21)/t12-,14+,15+/m1/s1. The molecule has 3 rings (SSSR count). The maximum Gasteiger partial charge on any atom is 0.315 e. The van der Waals surface area contributed by atoms with E-state index in [0.29, 0.717) is 31.1 Å². The second-order valence-electron chi connectivity index (χ2n) is 6.76. The Kier molecular flexibility index (Phi) is 5.89. The van der Waals surface area contributed by atoms with Crippen molar-refractivity contribution in [1.82, 2.24) is 15.6 Å². The fraction of sp³-hybridized carbons (Fsp3) is 0.765. The lowest BCUT2D eigenvalue weighted by atomic mass is 9.88. The van der Waals surface area contributed by atoms with Crippen molar-refractivity contribution in [3.05, 3.63) is 16.6 Å². The number of rotatable bonds is 7. The van der Waals surface area contributed by atoms with Crippen LogP contribution in [0.15, 0.2) is 11.6 Å². The van der Waals surface area contributed by atoms with E-state index < -0.39 is 0 Å². The molecule has 128 valence electrons. The van der Waals surface area contributed by atoms with Gasteiger partial charge in [-0.2, -0.15) is 0 Å². The van der Waals surface area contributed by atoms with E-state index in [2.05, 4.69) is 22.5 Å². The number of nitrogens with zero attached hydrogens (tertiary/aromatic N) is 1. The van der Waals surface area contributed by atoms with Gasteiger partial charge in [0.25, 0.3) is 0 Å². The van der Waals surface area contributed by atoms with E-state index in [0.717, 1.165) is 11.4 Å². The monoisotopic (exact) mass is 337 g/mol. The van der Waals surface area contributed by atoms with Crippen molar-refractivity contribution in [3.8, 4) is 0 Å². The summed E-state index contributed by atoms with van der Waals surface area (Å²) >= 11 is 1.61. The third-order valence-corrected chi connectivity index (χ3v) is 5.71. The van der Waals surface area contributed by atoms with Crippen LogP contribution in [-0.4, -0.2) is 30.3 Å². The predicted molar refractivity (Wildman–Crippen MR) is 91.5 cm³/mol. The van der Waals surface area contributed by atoms with Crippen LogP contribution in [0.2, 0.25) is 0 Å². The highest BCUT2D eigenvalue weighted by molar-refractivity contribution is 7.09. The maximum atomic E-state index is 12.1. The topological polar surface area (TPSA) is 63.2 Å². The molecule has 2 saturated carbocycles. The Balaban J connectivity index is 1.36. The van der Waals surface area contributed by atoms with Gasteiger partial charge in [-0.3, -0.25) is 0 Å². The van der Waals surface area contributed by atoms with Gasteiger partial charge in [0.2, 0.25) is 0 Å². The van der Waals surface area contributed by atoms with Crippen molar-refractivity contribution in [2.24, 2.45) is 11.8 Å². The Bertz CT molecular complexity index is 490. The Morgan fingerprint density at radius 2 is 2.22 bits per heavy atom. The van der Waals surface area contributed by atoms with Gasteiger partial charge < -0.3 is 15.4 Å². The summed E-state index contributed by atoms with van der Waals surface area (Å²) in [6.07, 6.45) is 9.51. The van der Waals surface area contributed by atoms with E-state index in [1.54, 1.807) is 17.5 Å². The molecule has 1 heterocycles. The third-order valence-electron chi connectivity index (χ3n) is 4.85. The number of hydrogen-bond acceptors (Lipinski definition) is 4. The normalized spacial score (nSPS) is 25.8. The molecule has 3 atom stereocenters. The first-order chi connectivity index (χ1) is 11.2. The van der Waals surface area contributed by atoms with Gasteiger partial charge in [0.1, 0.15) is 5.01 Å². The highest BCUT2D eigenvalue weighted by Gasteiger charge is 2.34. The Labute approximate surface area is 142 Å². The number of amides is 2. The molecule has 2 fully saturated rings. The lowest BCUT2D eigenvalue weighted by molar-refractivity contribution is -0.00245. The molecule has 0 aromatic carbocycles. The fourth-order valence-electron chi connectivity index (χ4n) is 3.30. The number of ether oxygens (including phenoxy) is 1. The fourth-order valence-corrected chi connectivity index (χ4v) is 4.08. The van der Waals surface area contributed by atoms with Gasteiger partial charge in [-0.05, 0) is 37.5 Å². The quantitative estimate of drug-likeness (QED) is 0.749. The lowest BCUT2D eigenvalue weighted by Gasteiger charge is -2.28. The van der Waals surface area contributed by atoms with Crippen LogP contribution in [0.25, 0.3) is 0 Å². The van der Waals surface area contributed by atoms with Crippen LogP contribution in [0.1, 0.15) is 56.5 Å². The molecule has 0 radical (unpaired) electrons. The number of thiazole rings is 1. The second kappa shape index (κ2) is 8.11. The van der Waals surface area contributed by atoms with Gasteiger partial charge in [0.15, 0.2) is 0 Å². The number of nitrogens with one attached hydrogen (secondary N) is 2. The van der Waals surface area contributed by atoms with Crippen molar-refractivity contribution < 1.29 is 9.53 Å². The summed E-state index contributed by atoms with van der Waals surface area (Å²) < 4.78 is 5.93. The van der Waals surface area contributed by atoms with Crippen molar-refractivity contribution in [2.45, 2.75) is 57.6 Å². The molecule has 23 heavy (non-hydrogen) atoms. The summed E-state index contributed by atoms with van der Waals surface area (Å²) in [5.74, 6) is 1.19. The molecular formula is C17H27N3O2S. The van der Waals surface area contributed by atoms with Crippen molar-refractivity contribution in [3.63, 3.8) is 0 Å². The van der Waals surface area contributed by atoms with E-state index in [-0.39, 0.29) is 12.1 Å². The van der Waals surface area contributed by atoms with Crippen molar-refractivity contribution >= 4 is 17.4 Å². The smallest absolute Gasteiger partial charge is 0.315 e. The van der Waals surface area contributed by atoms with E-state index in [4.69, 9.17) is 4.74 Å². The molecule has 0 aliphatic heterocycles. The van der Waals surface area contributed by atoms with Crippen LogP contribution in [0.3, 0.4) is 0 Å². The Hall–Kier alpha value is -1.14. The van der Waals surface area contributed by atoms with E-state index in [1.807, 2.05) is 5.38 Å². The summed E-state index contributed by atoms with van der Waals surface area (Å²) in [7, 11) is 0. The SMILES string of the molecule is C[C@@H]1CCCC[C@@H]1OCCNC(=O)N[C@H](c1nccs1)C1CC1. The first-order valence-electron chi connectivity index (χ1n) is 8.79. The Morgan fingerprint density at radius 1 is 1.39 bits per heavy atom. The van der Waals surface area contributed by atoms with Crippen molar-refractivity contribution in [1.29, 1.82) is 0 Å².